The van der Waals surface area contributed by atoms with Crippen molar-refractivity contribution in [2.24, 2.45) is 7.05 Å². The van der Waals surface area contributed by atoms with Crippen LogP contribution in [-0.2, 0) is 7.05 Å². The molecule has 9 heavy (non-hydrogen) atoms. The van der Waals surface area contributed by atoms with E-state index >= 15 is 0 Å². The van der Waals surface area contributed by atoms with E-state index in [1.807, 2.05) is 7.05 Å². The second kappa shape index (κ2) is 2.19. The summed E-state index contributed by atoms with van der Waals surface area (Å²) in [5.74, 6) is 0. The minimum absolute atomic E-state index is 0.404. The highest BCUT2D eigenvalue weighted by Crippen LogP contribution is 2.08. The Kier molecular flexibility index (Phi) is 1.53. The quantitative estimate of drug-likeness (QED) is 0.594. The SMILES string of the molecule is C[C@H](O)c1cnn(C)c1. The number of hydrogen-bond donors (Lipinski definition) is 1. The molecular formula is C6H10N2O. The first kappa shape index (κ1) is 6.29. The van der Waals surface area contributed by atoms with Crippen molar-refractivity contribution < 1.29 is 5.11 Å². The van der Waals surface area contributed by atoms with Crippen LogP contribution in [0.15, 0.2) is 12.4 Å². The average Bonchev–Trinajstić information content (AvgIpc) is 2.14. The van der Waals surface area contributed by atoms with Crippen LogP contribution in [0.1, 0.15) is 18.6 Å². The number of aliphatic hydroxyl groups excluding tert-OH is 1. The van der Waals surface area contributed by atoms with Crippen LogP contribution in [0, 0.1) is 0 Å². The lowest BCUT2D eigenvalue weighted by atomic mass is 10.2. The minimum Gasteiger partial charge on any atom is -0.389 e. The second-order valence-electron chi connectivity index (χ2n) is 2.12. The number of aliphatic hydroxyl groups is 1. The normalized spacial score (nSPS) is 13.7. The molecule has 1 aromatic rings. The molecule has 0 radical (unpaired) electrons. The molecule has 0 unspecified atom stereocenters. The molecule has 0 aliphatic rings. The maximum absolute atomic E-state index is 8.98. The van der Waals surface area contributed by atoms with Crippen molar-refractivity contribution in [3.63, 3.8) is 0 Å². The van der Waals surface area contributed by atoms with Gasteiger partial charge in [0.2, 0.25) is 0 Å². The zero-order valence-corrected chi connectivity index (χ0v) is 5.57. The summed E-state index contributed by atoms with van der Waals surface area (Å²) in [6.45, 7) is 1.72. The topological polar surface area (TPSA) is 38.1 Å². The summed E-state index contributed by atoms with van der Waals surface area (Å²) in [5, 5.41) is 12.9. The van der Waals surface area contributed by atoms with E-state index < -0.39 is 6.10 Å². The van der Waals surface area contributed by atoms with Gasteiger partial charge in [-0.05, 0) is 6.92 Å². The third kappa shape index (κ3) is 1.29. The molecule has 0 saturated heterocycles. The Morgan fingerprint density at radius 3 is 2.67 bits per heavy atom. The Bertz CT molecular complexity index is 193. The van der Waals surface area contributed by atoms with Crippen molar-refractivity contribution in [3.05, 3.63) is 18.0 Å². The van der Waals surface area contributed by atoms with Crippen molar-refractivity contribution in [1.82, 2.24) is 9.78 Å². The predicted octanol–water partition coefficient (Wildman–Crippen LogP) is 0.473. The Morgan fingerprint density at radius 1 is 1.78 bits per heavy atom. The summed E-state index contributed by atoms with van der Waals surface area (Å²) in [5.41, 5.74) is 0.859. The van der Waals surface area contributed by atoms with E-state index in [1.165, 1.54) is 0 Å². The molecule has 3 heteroatoms. The van der Waals surface area contributed by atoms with Crippen LogP contribution < -0.4 is 0 Å². The Balaban J connectivity index is 2.85. The molecule has 50 valence electrons. The zero-order chi connectivity index (χ0) is 6.85. The molecule has 1 aromatic heterocycles. The fourth-order valence-electron chi connectivity index (χ4n) is 0.656. The molecule has 1 atom stereocenters. The van der Waals surface area contributed by atoms with Crippen molar-refractivity contribution in [2.45, 2.75) is 13.0 Å². The van der Waals surface area contributed by atoms with Gasteiger partial charge in [0.05, 0.1) is 12.3 Å². The first-order chi connectivity index (χ1) is 4.20. The molecule has 1 rings (SSSR count). The first-order valence-corrected chi connectivity index (χ1v) is 2.87. The second-order valence-corrected chi connectivity index (χ2v) is 2.12. The molecule has 0 bridgehead atoms. The Hall–Kier alpha value is -0.830. The standard InChI is InChI=1S/C6H10N2O/c1-5(9)6-3-7-8(2)4-6/h3-5,9H,1-2H3/t5-/m0/s1. The van der Waals surface area contributed by atoms with Crippen molar-refractivity contribution in [2.75, 3.05) is 0 Å². The predicted molar refractivity (Wildman–Crippen MR) is 33.8 cm³/mol. The van der Waals surface area contributed by atoms with Gasteiger partial charge < -0.3 is 5.11 Å². The summed E-state index contributed by atoms with van der Waals surface area (Å²) in [6.07, 6.45) is 3.05. The van der Waals surface area contributed by atoms with Gasteiger partial charge in [0.25, 0.3) is 0 Å². The van der Waals surface area contributed by atoms with E-state index in [0.717, 1.165) is 5.56 Å². The fourth-order valence-corrected chi connectivity index (χ4v) is 0.656. The van der Waals surface area contributed by atoms with Crippen LogP contribution in [0.2, 0.25) is 0 Å². The molecule has 1 heterocycles. The molecule has 0 spiro atoms. The zero-order valence-electron chi connectivity index (χ0n) is 5.57. The Morgan fingerprint density at radius 2 is 2.44 bits per heavy atom. The number of rotatable bonds is 1. The number of aromatic nitrogens is 2. The van der Waals surface area contributed by atoms with Gasteiger partial charge >= 0.3 is 0 Å². The van der Waals surface area contributed by atoms with E-state index in [4.69, 9.17) is 5.11 Å². The molecule has 0 fully saturated rings. The van der Waals surface area contributed by atoms with Gasteiger partial charge in [0.15, 0.2) is 0 Å². The molecular weight excluding hydrogens is 116 g/mol. The largest absolute Gasteiger partial charge is 0.389 e. The first-order valence-electron chi connectivity index (χ1n) is 2.87. The van der Waals surface area contributed by atoms with E-state index in [-0.39, 0.29) is 0 Å². The van der Waals surface area contributed by atoms with Gasteiger partial charge in [0.1, 0.15) is 0 Å². The molecule has 0 aliphatic carbocycles. The van der Waals surface area contributed by atoms with Gasteiger partial charge in [-0.2, -0.15) is 5.10 Å². The van der Waals surface area contributed by atoms with Crippen LogP contribution in [-0.4, -0.2) is 14.9 Å². The summed E-state index contributed by atoms with van der Waals surface area (Å²) >= 11 is 0. The fraction of sp³-hybridized carbons (Fsp3) is 0.500. The highest BCUT2D eigenvalue weighted by atomic mass is 16.3. The molecule has 1 N–H and O–H groups in total. The van der Waals surface area contributed by atoms with Crippen LogP contribution in [0.3, 0.4) is 0 Å². The lowest BCUT2D eigenvalue weighted by Gasteiger charge is -1.95. The number of hydrogen-bond acceptors (Lipinski definition) is 2. The maximum Gasteiger partial charge on any atom is 0.0792 e. The van der Waals surface area contributed by atoms with Crippen molar-refractivity contribution in [3.8, 4) is 0 Å². The van der Waals surface area contributed by atoms with Crippen molar-refractivity contribution in [1.29, 1.82) is 0 Å². The van der Waals surface area contributed by atoms with Gasteiger partial charge in [-0.3, -0.25) is 4.68 Å². The van der Waals surface area contributed by atoms with Crippen LogP contribution >= 0.6 is 0 Å². The number of aryl methyl sites for hydroxylation is 1. The lowest BCUT2D eigenvalue weighted by Crippen LogP contribution is -1.87. The van der Waals surface area contributed by atoms with Gasteiger partial charge in [-0.15, -0.1) is 0 Å². The summed E-state index contributed by atoms with van der Waals surface area (Å²) in [6, 6.07) is 0. The maximum atomic E-state index is 8.98. The summed E-state index contributed by atoms with van der Waals surface area (Å²) in [4.78, 5) is 0. The van der Waals surface area contributed by atoms with Crippen LogP contribution in [0.25, 0.3) is 0 Å². The molecule has 0 aliphatic heterocycles. The average molecular weight is 126 g/mol. The van der Waals surface area contributed by atoms with Gasteiger partial charge in [0, 0.05) is 18.8 Å². The molecule has 0 amide bonds. The highest BCUT2D eigenvalue weighted by Gasteiger charge is 2.00. The third-order valence-electron chi connectivity index (χ3n) is 1.21. The third-order valence-corrected chi connectivity index (χ3v) is 1.21. The summed E-state index contributed by atoms with van der Waals surface area (Å²) in [7, 11) is 1.83. The van der Waals surface area contributed by atoms with E-state index in [0.29, 0.717) is 0 Å². The lowest BCUT2D eigenvalue weighted by molar-refractivity contribution is 0.199. The smallest absolute Gasteiger partial charge is 0.0792 e. The van der Waals surface area contributed by atoms with Gasteiger partial charge in [-0.25, -0.2) is 0 Å². The van der Waals surface area contributed by atoms with E-state index in [1.54, 1.807) is 24.0 Å². The minimum atomic E-state index is -0.404. The number of nitrogens with zero attached hydrogens (tertiary/aromatic N) is 2. The van der Waals surface area contributed by atoms with Gasteiger partial charge in [-0.1, -0.05) is 0 Å². The van der Waals surface area contributed by atoms with E-state index in [2.05, 4.69) is 5.10 Å². The monoisotopic (exact) mass is 126 g/mol. The van der Waals surface area contributed by atoms with Crippen LogP contribution in [0.4, 0.5) is 0 Å². The van der Waals surface area contributed by atoms with E-state index in [9.17, 15) is 0 Å². The van der Waals surface area contributed by atoms with Crippen molar-refractivity contribution >= 4 is 0 Å². The Labute approximate surface area is 53.9 Å². The van der Waals surface area contributed by atoms with Crippen LogP contribution in [0.5, 0.6) is 0 Å². The molecule has 0 aromatic carbocycles. The summed E-state index contributed by atoms with van der Waals surface area (Å²) < 4.78 is 1.67. The molecule has 3 nitrogen and oxygen atoms in total. The highest BCUT2D eigenvalue weighted by molar-refractivity contribution is 5.05. The molecule has 0 saturated carbocycles.